The highest BCUT2D eigenvalue weighted by Crippen LogP contribution is 2.06. The minimum absolute atomic E-state index is 0.00445. The van der Waals surface area contributed by atoms with Crippen molar-refractivity contribution in [1.82, 2.24) is 19.8 Å². The lowest BCUT2D eigenvalue weighted by Crippen LogP contribution is -2.38. The fraction of sp³-hybridized carbons (Fsp3) is 0.333. The molecule has 0 fully saturated rings. The van der Waals surface area contributed by atoms with E-state index in [4.69, 9.17) is 0 Å². The first-order valence-corrected chi connectivity index (χ1v) is 5.73. The Balaban J connectivity index is 2.06. The first kappa shape index (κ1) is 12.5. The van der Waals surface area contributed by atoms with E-state index in [1.165, 1.54) is 17.3 Å². The van der Waals surface area contributed by atoms with Gasteiger partial charge in [0.05, 0.1) is 12.2 Å². The summed E-state index contributed by atoms with van der Waals surface area (Å²) in [6.45, 7) is 2.22. The van der Waals surface area contributed by atoms with Crippen LogP contribution in [0.2, 0.25) is 0 Å². The van der Waals surface area contributed by atoms with Gasteiger partial charge < -0.3 is 4.40 Å². The second kappa shape index (κ2) is 5.14. The number of fused-ring (bicyclic) bond motifs is 1. The number of hydrogen-bond acceptors (Lipinski definition) is 3. The molecule has 0 atom stereocenters. The van der Waals surface area contributed by atoms with Gasteiger partial charge in [0.2, 0.25) is 5.91 Å². The third-order valence-corrected chi connectivity index (χ3v) is 2.64. The molecule has 0 aromatic carbocycles. The summed E-state index contributed by atoms with van der Waals surface area (Å²) in [5.74, 6) is -0.303. The fourth-order valence-corrected chi connectivity index (χ4v) is 1.63. The molecule has 0 unspecified atom stereocenters. The summed E-state index contributed by atoms with van der Waals surface area (Å²) < 4.78 is 14.6. The van der Waals surface area contributed by atoms with Gasteiger partial charge in [0.25, 0.3) is 0 Å². The Kier molecular flexibility index (Phi) is 3.57. The Morgan fingerprint density at radius 2 is 2.28 bits per heavy atom. The number of hydrazine groups is 1. The molecule has 5 nitrogen and oxygen atoms in total. The lowest BCUT2D eigenvalue weighted by atomic mass is 10.4. The number of imidazole rings is 1. The molecule has 0 saturated carbocycles. The molecule has 96 valence electrons. The molecule has 0 spiro atoms. The van der Waals surface area contributed by atoms with Crippen LogP contribution in [0, 0.1) is 5.82 Å². The molecular formula is C12H15FN4O. The second-order valence-electron chi connectivity index (χ2n) is 3.99. The third kappa shape index (κ3) is 2.65. The van der Waals surface area contributed by atoms with Crippen LogP contribution in [0.25, 0.3) is 5.65 Å². The van der Waals surface area contributed by atoms with Crippen molar-refractivity contribution in [3.63, 3.8) is 0 Å². The van der Waals surface area contributed by atoms with Crippen LogP contribution in [0.3, 0.4) is 0 Å². The number of rotatable bonds is 4. The van der Waals surface area contributed by atoms with E-state index in [0.717, 1.165) is 5.69 Å². The molecule has 1 N–H and O–H groups in total. The van der Waals surface area contributed by atoms with Crippen molar-refractivity contribution in [1.29, 1.82) is 0 Å². The number of aromatic nitrogens is 2. The molecule has 0 bridgehead atoms. The van der Waals surface area contributed by atoms with Gasteiger partial charge in [-0.25, -0.2) is 14.8 Å². The van der Waals surface area contributed by atoms with Crippen molar-refractivity contribution < 1.29 is 9.18 Å². The Morgan fingerprint density at radius 3 is 3.00 bits per heavy atom. The molecule has 2 rings (SSSR count). The van der Waals surface area contributed by atoms with Gasteiger partial charge in [-0.05, 0) is 12.1 Å². The van der Waals surface area contributed by atoms with Crippen LogP contribution in [0.1, 0.15) is 19.0 Å². The van der Waals surface area contributed by atoms with E-state index in [1.807, 2.05) is 0 Å². The quantitative estimate of drug-likeness (QED) is 0.833. The van der Waals surface area contributed by atoms with Gasteiger partial charge in [-0.3, -0.25) is 9.80 Å². The van der Waals surface area contributed by atoms with Crippen molar-refractivity contribution in [2.75, 3.05) is 7.05 Å². The van der Waals surface area contributed by atoms with Gasteiger partial charge in [0.15, 0.2) is 0 Å². The minimum atomic E-state index is -0.308. The molecule has 2 aromatic heterocycles. The van der Waals surface area contributed by atoms with Gasteiger partial charge in [-0.1, -0.05) is 6.92 Å². The van der Waals surface area contributed by atoms with E-state index < -0.39 is 0 Å². The SMILES string of the molecule is CCC(=O)N(C)NCc1cn2cc(F)ccc2n1. The Morgan fingerprint density at radius 1 is 1.50 bits per heavy atom. The highest BCUT2D eigenvalue weighted by Gasteiger charge is 2.07. The zero-order valence-electron chi connectivity index (χ0n) is 10.4. The number of hydrogen-bond donors (Lipinski definition) is 1. The summed E-state index contributed by atoms with van der Waals surface area (Å²) in [4.78, 5) is 15.6. The summed E-state index contributed by atoms with van der Waals surface area (Å²) in [5, 5.41) is 1.44. The standard InChI is InChI=1S/C12H15FN4O/c1-3-12(18)16(2)14-6-10-8-17-7-9(13)4-5-11(17)15-10/h4-5,7-8,14H,3,6H2,1-2H3. The number of nitrogens with zero attached hydrogens (tertiary/aromatic N) is 3. The van der Waals surface area contributed by atoms with Crippen LogP contribution >= 0.6 is 0 Å². The number of carbonyl (C=O) groups excluding carboxylic acids is 1. The fourth-order valence-electron chi connectivity index (χ4n) is 1.63. The zero-order chi connectivity index (χ0) is 13.1. The van der Waals surface area contributed by atoms with Gasteiger partial charge in [-0.15, -0.1) is 0 Å². The van der Waals surface area contributed by atoms with Gasteiger partial charge >= 0.3 is 0 Å². The molecule has 0 saturated heterocycles. The summed E-state index contributed by atoms with van der Waals surface area (Å²) in [5.41, 5.74) is 4.36. The molecule has 0 aliphatic heterocycles. The van der Waals surface area contributed by atoms with Crippen LogP contribution in [-0.4, -0.2) is 27.3 Å². The van der Waals surface area contributed by atoms with E-state index in [-0.39, 0.29) is 11.7 Å². The van der Waals surface area contributed by atoms with Crippen LogP contribution < -0.4 is 5.43 Å². The van der Waals surface area contributed by atoms with Crippen molar-refractivity contribution >= 4 is 11.6 Å². The summed E-state index contributed by atoms with van der Waals surface area (Å²) in [7, 11) is 1.67. The van der Waals surface area contributed by atoms with Crippen LogP contribution in [0.4, 0.5) is 4.39 Å². The van der Waals surface area contributed by atoms with Crippen molar-refractivity contribution in [2.45, 2.75) is 19.9 Å². The predicted molar refractivity (Wildman–Crippen MR) is 65.1 cm³/mol. The third-order valence-electron chi connectivity index (χ3n) is 2.64. The Hall–Kier alpha value is -1.95. The van der Waals surface area contributed by atoms with Crippen LogP contribution in [0.5, 0.6) is 0 Å². The average Bonchev–Trinajstić information content (AvgIpc) is 2.76. The monoisotopic (exact) mass is 250 g/mol. The van der Waals surface area contributed by atoms with E-state index in [9.17, 15) is 9.18 Å². The maximum absolute atomic E-state index is 13.0. The van der Waals surface area contributed by atoms with E-state index in [0.29, 0.717) is 18.6 Å². The smallest absolute Gasteiger partial charge is 0.236 e. The van der Waals surface area contributed by atoms with Gasteiger partial charge in [0, 0.05) is 25.9 Å². The number of pyridine rings is 1. The molecule has 0 radical (unpaired) electrons. The average molecular weight is 250 g/mol. The molecule has 2 heterocycles. The predicted octanol–water partition coefficient (Wildman–Crippen LogP) is 1.35. The van der Waals surface area contributed by atoms with Crippen LogP contribution in [-0.2, 0) is 11.3 Å². The number of amides is 1. The zero-order valence-corrected chi connectivity index (χ0v) is 10.4. The van der Waals surface area contributed by atoms with E-state index in [2.05, 4.69) is 10.4 Å². The molecule has 6 heteroatoms. The maximum atomic E-state index is 13.0. The highest BCUT2D eigenvalue weighted by molar-refractivity contribution is 5.74. The molecular weight excluding hydrogens is 235 g/mol. The summed E-state index contributed by atoms with van der Waals surface area (Å²) in [6, 6.07) is 2.98. The topological polar surface area (TPSA) is 49.6 Å². The number of nitrogens with one attached hydrogen (secondary N) is 1. The first-order valence-electron chi connectivity index (χ1n) is 5.73. The van der Waals surface area contributed by atoms with Gasteiger partial charge in [-0.2, -0.15) is 0 Å². The van der Waals surface area contributed by atoms with Crippen molar-refractivity contribution in [3.8, 4) is 0 Å². The Labute approximate surface area is 104 Å². The molecule has 1 amide bonds. The number of halogens is 1. The lowest BCUT2D eigenvalue weighted by Gasteiger charge is -2.16. The van der Waals surface area contributed by atoms with Crippen LogP contribution in [0.15, 0.2) is 24.5 Å². The van der Waals surface area contributed by atoms with Gasteiger partial charge in [0.1, 0.15) is 11.5 Å². The largest absolute Gasteiger partial charge is 0.304 e. The lowest BCUT2D eigenvalue weighted by molar-refractivity contribution is -0.132. The summed E-state index contributed by atoms with van der Waals surface area (Å²) >= 11 is 0. The Bertz CT molecular complexity index is 566. The highest BCUT2D eigenvalue weighted by atomic mass is 19.1. The van der Waals surface area contributed by atoms with Crippen molar-refractivity contribution in [2.24, 2.45) is 0 Å². The van der Waals surface area contributed by atoms with Crippen molar-refractivity contribution in [3.05, 3.63) is 36.0 Å². The summed E-state index contributed by atoms with van der Waals surface area (Å²) in [6.07, 6.45) is 3.54. The van der Waals surface area contributed by atoms with E-state index in [1.54, 1.807) is 30.6 Å². The first-order chi connectivity index (χ1) is 8.60. The number of carbonyl (C=O) groups is 1. The normalized spacial score (nSPS) is 10.8. The molecule has 18 heavy (non-hydrogen) atoms. The minimum Gasteiger partial charge on any atom is -0.304 e. The molecule has 2 aromatic rings. The van der Waals surface area contributed by atoms with E-state index >= 15 is 0 Å². The molecule has 0 aliphatic rings. The maximum Gasteiger partial charge on any atom is 0.236 e. The second-order valence-corrected chi connectivity index (χ2v) is 3.99. The molecule has 0 aliphatic carbocycles.